The maximum absolute atomic E-state index is 13.0. The summed E-state index contributed by atoms with van der Waals surface area (Å²) in [5, 5.41) is 0. The fourth-order valence-electron chi connectivity index (χ4n) is 3.86. The highest BCUT2D eigenvalue weighted by Crippen LogP contribution is 2.32. The number of amides is 1. The number of nitrogens with zero attached hydrogens (tertiary/aromatic N) is 1. The molecule has 0 unspecified atom stereocenters. The van der Waals surface area contributed by atoms with E-state index in [1.54, 1.807) is 30.9 Å². The van der Waals surface area contributed by atoms with E-state index in [9.17, 15) is 14.4 Å². The van der Waals surface area contributed by atoms with Crippen LogP contribution < -0.4 is 0 Å². The SMILES string of the molecule is CCOC(=O)C[C@](C)(OC(=O)C1CCN(C(=O)c2ccccc2)CC1)c1ccccc1. The van der Waals surface area contributed by atoms with Gasteiger partial charge in [-0.2, -0.15) is 0 Å². The lowest BCUT2D eigenvalue weighted by atomic mass is 9.91. The van der Waals surface area contributed by atoms with Crippen LogP contribution in [0.5, 0.6) is 0 Å². The normalized spacial score (nSPS) is 16.3. The van der Waals surface area contributed by atoms with Crippen LogP contribution in [0.25, 0.3) is 0 Å². The fourth-order valence-corrected chi connectivity index (χ4v) is 3.86. The van der Waals surface area contributed by atoms with Crippen molar-refractivity contribution in [3.05, 3.63) is 71.8 Å². The van der Waals surface area contributed by atoms with Crippen molar-refractivity contribution in [1.82, 2.24) is 4.90 Å². The van der Waals surface area contributed by atoms with Crippen LogP contribution in [0.4, 0.5) is 0 Å². The summed E-state index contributed by atoms with van der Waals surface area (Å²) in [7, 11) is 0. The zero-order chi connectivity index (χ0) is 22.3. The van der Waals surface area contributed by atoms with Crippen LogP contribution in [0.15, 0.2) is 60.7 Å². The van der Waals surface area contributed by atoms with Gasteiger partial charge >= 0.3 is 11.9 Å². The highest BCUT2D eigenvalue weighted by molar-refractivity contribution is 5.94. The van der Waals surface area contributed by atoms with Crippen LogP contribution in [-0.2, 0) is 24.7 Å². The summed E-state index contributed by atoms with van der Waals surface area (Å²) in [6.45, 7) is 4.74. The number of hydrogen-bond acceptors (Lipinski definition) is 5. The molecule has 1 heterocycles. The van der Waals surface area contributed by atoms with E-state index < -0.39 is 11.6 Å². The van der Waals surface area contributed by atoms with Gasteiger partial charge in [0.1, 0.15) is 5.60 Å². The van der Waals surface area contributed by atoms with Gasteiger partial charge in [-0.25, -0.2) is 0 Å². The van der Waals surface area contributed by atoms with E-state index in [-0.39, 0.29) is 30.8 Å². The quantitative estimate of drug-likeness (QED) is 0.631. The first-order chi connectivity index (χ1) is 14.9. The molecule has 1 fully saturated rings. The van der Waals surface area contributed by atoms with Gasteiger partial charge in [-0.1, -0.05) is 48.5 Å². The Morgan fingerprint density at radius 3 is 2.13 bits per heavy atom. The monoisotopic (exact) mass is 423 g/mol. The number of hydrogen-bond donors (Lipinski definition) is 0. The summed E-state index contributed by atoms with van der Waals surface area (Å²) < 4.78 is 11.0. The van der Waals surface area contributed by atoms with E-state index in [0.29, 0.717) is 31.5 Å². The number of carbonyl (C=O) groups is 3. The molecule has 3 rings (SSSR count). The molecule has 1 saturated heterocycles. The number of likely N-dealkylation sites (tertiary alicyclic amines) is 1. The lowest BCUT2D eigenvalue weighted by molar-refractivity contribution is -0.171. The van der Waals surface area contributed by atoms with Gasteiger partial charge in [-0.3, -0.25) is 14.4 Å². The molecule has 0 aliphatic carbocycles. The third-order valence-corrected chi connectivity index (χ3v) is 5.63. The van der Waals surface area contributed by atoms with Gasteiger partial charge in [-0.15, -0.1) is 0 Å². The van der Waals surface area contributed by atoms with E-state index in [0.717, 1.165) is 5.56 Å². The molecular formula is C25H29NO5. The molecule has 1 aliphatic heterocycles. The Balaban J connectivity index is 1.64. The predicted molar refractivity (Wildman–Crippen MR) is 116 cm³/mol. The van der Waals surface area contributed by atoms with Gasteiger partial charge in [0.2, 0.25) is 0 Å². The zero-order valence-electron chi connectivity index (χ0n) is 18.1. The number of carbonyl (C=O) groups excluding carboxylic acids is 3. The molecular weight excluding hydrogens is 394 g/mol. The number of esters is 2. The summed E-state index contributed by atoms with van der Waals surface area (Å²) in [6, 6.07) is 18.4. The van der Waals surface area contributed by atoms with Crippen LogP contribution in [0, 0.1) is 5.92 Å². The van der Waals surface area contributed by atoms with Crippen LogP contribution in [0.3, 0.4) is 0 Å². The van der Waals surface area contributed by atoms with Crippen LogP contribution in [0.2, 0.25) is 0 Å². The first-order valence-corrected chi connectivity index (χ1v) is 10.7. The molecule has 6 heteroatoms. The molecule has 6 nitrogen and oxygen atoms in total. The molecule has 2 aromatic carbocycles. The van der Waals surface area contributed by atoms with Crippen LogP contribution >= 0.6 is 0 Å². The van der Waals surface area contributed by atoms with Gasteiger partial charge in [0.25, 0.3) is 5.91 Å². The van der Waals surface area contributed by atoms with Gasteiger partial charge in [0.15, 0.2) is 0 Å². The molecule has 1 aliphatic rings. The Bertz CT molecular complexity index is 891. The molecule has 0 bridgehead atoms. The fraction of sp³-hybridized carbons (Fsp3) is 0.400. The minimum absolute atomic E-state index is 0.0242. The molecule has 0 spiro atoms. The van der Waals surface area contributed by atoms with E-state index in [1.165, 1.54) is 0 Å². The molecule has 1 atom stereocenters. The Hall–Kier alpha value is -3.15. The second-order valence-electron chi connectivity index (χ2n) is 7.93. The summed E-state index contributed by atoms with van der Waals surface area (Å²) in [5.74, 6) is -1.10. The first-order valence-electron chi connectivity index (χ1n) is 10.7. The standard InChI is InChI=1S/C25H29NO5/c1-3-30-22(27)18-25(2,21-12-8-5-9-13-21)31-24(29)20-14-16-26(17-15-20)23(28)19-10-6-4-7-11-19/h4-13,20H,3,14-18H2,1-2H3/t25-/m0/s1. The minimum Gasteiger partial charge on any atom is -0.466 e. The average Bonchev–Trinajstić information content (AvgIpc) is 2.80. The van der Waals surface area contributed by atoms with Crippen molar-refractivity contribution >= 4 is 17.8 Å². The van der Waals surface area contributed by atoms with E-state index in [1.807, 2.05) is 48.5 Å². The van der Waals surface area contributed by atoms with Gasteiger partial charge < -0.3 is 14.4 Å². The van der Waals surface area contributed by atoms with Crippen molar-refractivity contribution in [2.75, 3.05) is 19.7 Å². The third kappa shape index (κ3) is 5.72. The summed E-state index contributed by atoms with van der Waals surface area (Å²) in [4.78, 5) is 39.6. The maximum Gasteiger partial charge on any atom is 0.310 e. The largest absolute Gasteiger partial charge is 0.466 e. The van der Waals surface area contributed by atoms with E-state index >= 15 is 0 Å². The molecule has 164 valence electrons. The van der Waals surface area contributed by atoms with Crippen LogP contribution in [-0.4, -0.2) is 42.4 Å². The van der Waals surface area contributed by atoms with Crippen molar-refractivity contribution < 1.29 is 23.9 Å². The van der Waals surface area contributed by atoms with Crippen molar-refractivity contribution in [2.45, 2.75) is 38.7 Å². The lowest BCUT2D eigenvalue weighted by Gasteiger charge is -2.34. The summed E-state index contributed by atoms with van der Waals surface area (Å²) >= 11 is 0. The molecule has 0 aromatic heterocycles. The lowest BCUT2D eigenvalue weighted by Crippen LogP contribution is -2.42. The zero-order valence-corrected chi connectivity index (χ0v) is 18.1. The minimum atomic E-state index is -1.11. The van der Waals surface area contributed by atoms with E-state index in [2.05, 4.69) is 0 Å². The topological polar surface area (TPSA) is 72.9 Å². The Morgan fingerprint density at radius 1 is 0.968 bits per heavy atom. The van der Waals surface area contributed by atoms with E-state index in [4.69, 9.17) is 9.47 Å². The number of piperidine rings is 1. The van der Waals surface area contributed by atoms with Gasteiger partial charge in [0.05, 0.1) is 18.9 Å². The average molecular weight is 424 g/mol. The Morgan fingerprint density at radius 2 is 1.55 bits per heavy atom. The molecule has 0 saturated carbocycles. The second kappa shape index (κ2) is 10.2. The highest BCUT2D eigenvalue weighted by Gasteiger charge is 2.38. The number of ether oxygens (including phenoxy) is 2. The summed E-state index contributed by atoms with van der Waals surface area (Å²) in [6.07, 6.45) is 1.01. The smallest absolute Gasteiger partial charge is 0.310 e. The number of rotatable bonds is 7. The first kappa shape index (κ1) is 22.5. The maximum atomic E-state index is 13.0. The molecule has 31 heavy (non-hydrogen) atoms. The van der Waals surface area contributed by atoms with Crippen molar-refractivity contribution in [2.24, 2.45) is 5.92 Å². The van der Waals surface area contributed by atoms with Crippen molar-refractivity contribution in [1.29, 1.82) is 0 Å². The van der Waals surface area contributed by atoms with Gasteiger partial charge in [0, 0.05) is 18.7 Å². The Labute approximate surface area is 183 Å². The van der Waals surface area contributed by atoms with Crippen LogP contribution in [0.1, 0.15) is 49.0 Å². The molecule has 2 aromatic rings. The molecule has 1 amide bonds. The molecule has 0 N–H and O–H groups in total. The Kier molecular flexibility index (Phi) is 7.45. The third-order valence-electron chi connectivity index (χ3n) is 5.63. The second-order valence-corrected chi connectivity index (χ2v) is 7.93. The highest BCUT2D eigenvalue weighted by atomic mass is 16.6. The van der Waals surface area contributed by atoms with Crippen molar-refractivity contribution in [3.63, 3.8) is 0 Å². The number of benzene rings is 2. The molecule has 0 radical (unpaired) electrons. The van der Waals surface area contributed by atoms with Gasteiger partial charge in [-0.05, 0) is 44.4 Å². The van der Waals surface area contributed by atoms with Crippen molar-refractivity contribution in [3.8, 4) is 0 Å². The predicted octanol–water partition coefficient (Wildman–Crippen LogP) is 3.95. The summed E-state index contributed by atoms with van der Waals surface area (Å²) in [5.41, 5.74) is 0.282.